The second-order valence-corrected chi connectivity index (χ2v) is 11.2. The summed E-state index contributed by atoms with van der Waals surface area (Å²) in [5.74, 6) is 1.05. The molecule has 1 fully saturated rings. The maximum absolute atomic E-state index is 5.33. The summed E-state index contributed by atoms with van der Waals surface area (Å²) in [6.45, 7) is 17.0. The molecule has 2 heteroatoms. The van der Waals surface area contributed by atoms with E-state index in [1.807, 2.05) is 0 Å². The van der Waals surface area contributed by atoms with Gasteiger partial charge in [-0.2, -0.15) is 0 Å². The molecule has 0 amide bonds. The smallest absolute Gasteiger partial charge is 0.0980 e. The molecule has 0 bridgehead atoms. The molecule has 1 saturated heterocycles. The summed E-state index contributed by atoms with van der Waals surface area (Å²) in [6.07, 6.45) is 18.6. The molecule has 1 aromatic rings. The Morgan fingerprint density at radius 1 is 1.11 bits per heavy atom. The summed E-state index contributed by atoms with van der Waals surface area (Å²) in [6, 6.07) is 7.57. The van der Waals surface area contributed by atoms with Crippen LogP contribution >= 0.6 is 0 Å². The lowest BCUT2D eigenvalue weighted by atomic mass is 9.80. The van der Waals surface area contributed by atoms with Crippen LogP contribution in [0.4, 0.5) is 0 Å². The Hall–Kier alpha value is -2.61. The Labute approximate surface area is 213 Å². The molecule has 1 aromatic carbocycles. The first kappa shape index (κ1) is 25.5. The van der Waals surface area contributed by atoms with E-state index in [0.29, 0.717) is 12.0 Å². The zero-order chi connectivity index (χ0) is 25.1. The van der Waals surface area contributed by atoms with Gasteiger partial charge in [-0.05, 0) is 93.7 Å². The summed E-state index contributed by atoms with van der Waals surface area (Å²) in [5, 5.41) is 0. The molecule has 186 valence electrons. The van der Waals surface area contributed by atoms with Crippen LogP contribution in [0.15, 0.2) is 76.5 Å². The van der Waals surface area contributed by atoms with Crippen molar-refractivity contribution in [1.29, 1.82) is 0 Å². The van der Waals surface area contributed by atoms with E-state index in [-0.39, 0.29) is 6.04 Å². The average Bonchev–Trinajstić information content (AvgIpc) is 3.28. The number of nitrogens with zero attached hydrogens (tertiary/aromatic N) is 2. The first-order chi connectivity index (χ1) is 16.8. The van der Waals surface area contributed by atoms with Crippen molar-refractivity contribution in [3.63, 3.8) is 0 Å². The normalized spacial score (nSPS) is 25.0. The van der Waals surface area contributed by atoms with E-state index in [2.05, 4.69) is 108 Å². The van der Waals surface area contributed by atoms with Gasteiger partial charge in [0.25, 0.3) is 0 Å². The highest BCUT2D eigenvalue weighted by molar-refractivity contribution is 6.00. The Balaban J connectivity index is 1.83. The number of aryl methyl sites for hydroxylation is 2. The molecule has 3 unspecified atom stereocenters. The van der Waals surface area contributed by atoms with Gasteiger partial charge in [-0.1, -0.05) is 68.8 Å². The minimum Gasteiger partial charge on any atom is -0.371 e. The Bertz CT molecular complexity index is 1120. The molecule has 0 radical (unpaired) electrons. The van der Waals surface area contributed by atoms with Gasteiger partial charge in [0.05, 0.1) is 6.04 Å². The summed E-state index contributed by atoms with van der Waals surface area (Å²) in [4.78, 5) is 8.11. The average molecular weight is 469 g/mol. The van der Waals surface area contributed by atoms with E-state index in [0.717, 1.165) is 5.92 Å². The number of dihydropyridines is 1. The number of benzene rings is 1. The first-order valence-electron chi connectivity index (χ1n) is 13.7. The van der Waals surface area contributed by atoms with Crippen molar-refractivity contribution < 1.29 is 0 Å². The van der Waals surface area contributed by atoms with Crippen LogP contribution in [0.5, 0.6) is 0 Å². The number of aliphatic imine (C=N–C) groups is 1. The highest BCUT2D eigenvalue weighted by atomic mass is 15.2. The third-order valence-corrected chi connectivity index (χ3v) is 7.89. The van der Waals surface area contributed by atoms with Gasteiger partial charge in [-0.25, -0.2) is 0 Å². The zero-order valence-corrected chi connectivity index (χ0v) is 22.9. The molecule has 1 aliphatic carbocycles. The lowest BCUT2D eigenvalue weighted by molar-refractivity contribution is 0.270. The largest absolute Gasteiger partial charge is 0.371 e. The lowest BCUT2D eigenvalue weighted by Crippen LogP contribution is -2.39. The van der Waals surface area contributed by atoms with Crippen LogP contribution in [0, 0.1) is 25.7 Å². The van der Waals surface area contributed by atoms with Crippen LogP contribution in [0.3, 0.4) is 0 Å². The second kappa shape index (κ2) is 11.0. The van der Waals surface area contributed by atoms with Gasteiger partial charge in [0.1, 0.15) is 0 Å². The minimum absolute atomic E-state index is 0.117. The van der Waals surface area contributed by atoms with Crippen LogP contribution in [0.1, 0.15) is 77.0 Å². The molecule has 2 nitrogen and oxygen atoms in total. The van der Waals surface area contributed by atoms with Gasteiger partial charge < -0.3 is 4.90 Å². The maximum atomic E-state index is 5.33. The number of allylic oxidation sites excluding steroid dienone is 7. The number of fused-ring (bicyclic) bond motifs is 1. The first-order valence-corrected chi connectivity index (χ1v) is 13.7. The van der Waals surface area contributed by atoms with Crippen molar-refractivity contribution in [2.75, 3.05) is 6.54 Å². The van der Waals surface area contributed by atoms with E-state index in [1.54, 1.807) is 0 Å². The van der Waals surface area contributed by atoms with Gasteiger partial charge in [0, 0.05) is 35.5 Å². The third kappa shape index (κ3) is 5.47. The van der Waals surface area contributed by atoms with Gasteiger partial charge in [0.15, 0.2) is 0 Å². The van der Waals surface area contributed by atoms with Gasteiger partial charge in [0.2, 0.25) is 0 Å². The van der Waals surface area contributed by atoms with Crippen molar-refractivity contribution in [2.24, 2.45) is 16.8 Å². The molecule has 0 spiro atoms. The van der Waals surface area contributed by atoms with E-state index in [4.69, 9.17) is 4.99 Å². The molecular formula is C33H44N2. The fraction of sp³-hybridized carbons (Fsp3) is 0.485. The molecule has 2 heterocycles. The fourth-order valence-electron chi connectivity index (χ4n) is 5.94. The molecule has 4 rings (SSSR count). The number of hydrogen-bond donors (Lipinski definition) is 0. The van der Waals surface area contributed by atoms with E-state index in [1.165, 1.54) is 77.0 Å². The van der Waals surface area contributed by atoms with Crippen molar-refractivity contribution in [3.8, 4) is 0 Å². The molecule has 3 atom stereocenters. The molecular weight excluding hydrogens is 424 g/mol. The number of likely N-dealkylation sites (tertiary alicyclic amines) is 1. The van der Waals surface area contributed by atoms with E-state index < -0.39 is 0 Å². The van der Waals surface area contributed by atoms with Crippen molar-refractivity contribution in [1.82, 2.24) is 4.90 Å². The Morgan fingerprint density at radius 2 is 1.91 bits per heavy atom. The fourth-order valence-corrected chi connectivity index (χ4v) is 5.94. The number of rotatable bonds is 7. The van der Waals surface area contributed by atoms with Crippen LogP contribution in [0.25, 0.3) is 5.57 Å². The molecule has 0 aromatic heterocycles. The summed E-state index contributed by atoms with van der Waals surface area (Å²) < 4.78 is 0. The number of hydrogen-bond acceptors (Lipinski definition) is 2. The highest BCUT2D eigenvalue weighted by Crippen LogP contribution is 2.42. The summed E-state index contributed by atoms with van der Waals surface area (Å²) in [7, 11) is 0. The van der Waals surface area contributed by atoms with Crippen molar-refractivity contribution in [3.05, 3.63) is 88.2 Å². The van der Waals surface area contributed by atoms with Gasteiger partial charge in [-0.15, -0.1) is 0 Å². The predicted molar refractivity (Wildman–Crippen MR) is 153 cm³/mol. The van der Waals surface area contributed by atoms with Gasteiger partial charge in [-0.3, -0.25) is 4.99 Å². The topological polar surface area (TPSA) is 15.6 Å². The third-order valence-electron chi connectivity index (χ3n) is 7.89. The van der Waals surface area contributed by atoms with Crippen molar-refractivity contribution in [2.45, 2.75) is 86.2 Å². The molecule has 0 saturated carbocycles. The minimum atomic E-state index is 0.117. The molecule has 0 N–H and O–H groups in total. The van der Waals surface area contributed by atoms with Crippen LogP contribution in [-0.4, -0.2) is 29.2 Å². The van der Waals surface area contributed by atoms with E-state index in [9.17, 15) is 0 Å². The van der Waals surface area contributed by atoms with Crippen LogP contribution in [-0.2, 0) is 0 Å². The lowest BCUT2D eigenvalue weighted by Gasteiger charge is -2.40. The molecule has 2 aliphatic heterocycles. The zero-order valence-electron chi connectivity index (χ0n) is 22.9. The Kier molecular flexibility index (Phi) is 7.99. The van der Waals surface area contributed by atoms with Crippen LogP contribution in [0.2, 0.25) is 0 Å². The maximum Gasteiger partial charge on any atom is 0.0980 e. The summed E-state index contributed by atoms with van der Waals surface area (Å²) >= 11 is 0. The molecule has 35 heavy (non-hydrogen) atoms. The molecule has 3 aliphatic rings. The second-order valence-electron chi connectivity index (χ2n) is 11.2. The highest BCUT2D eigenvalue weighted by Gasteiger charge is 2.37. The standard InChI is InChI=1S/C33H44N2/c1-8-9-10-13-31-26(7)33(35-18-11-12-28(35)17-14-22(2)3)30-21-27(20-25(6)32(30)34-31)29-19-23(4)15-16-24(29)5/h8-10,13,15-16,19-22,26,28,32H,11-12,14,17-18H2,1-7H3/b9-8?,13-10+. The Morgan fingerprint density at radius 3 is 2.66 bits per heavy atom. The summed E-state index contributed by atoms with van der Waals surface area (Å²) in [5.41, 5.74) is 10.8. The monoisotopic (exact) mass is 468 g/mol. The van der Waals surface area contributed by atoms with Crippen LogP contribution < -0.4 is 0 Å². The SMILES string of the molecule is CC=C/C=C/C1=NC2C(C)=CC(c3cc(C)ccc3C)=CC2=C(N2CCCC2CCC(C)C)C1C. The van der Waals surface area contributed by atoms with E-state index >= 15 is 0 Å². The quantitative estimate of drug-likeness (QED) is 0.367. The van der Waals surface area contributed by atoms with Gasteiger partial charge >= 0.3 is 0 Å². The predicted octanol–water partition coefficient (Wildman–Crippen LogP) is 8.39. The van der Waals surface area contributed by atoms with Crippen molar-refractivity contribution >= 4 is 11.3 Å².